The zero-order valence-corrected chi connectivity index (χ0v) is 12.6. The van der Waals surface area contributed by atoms with E-state index in [1.807, 2.05) is 0 Å². The Bertz CT molecular complexity index is 273. The van der Waals surface area contributed by atoms with E-state index in [0.29, 0.717) is 12.6 Å². The highest BCUT2D eigenvalue weighted by Crippen LogP contribution is 2.07. The lowest BCUT2D eigenvalue weighted by atomic mass is 10.1. The number of hydrogen-bond donors (Lipinski definition) is 1. The molecule has 0 fully saturated rings. The lowest BCUT2D eigenvalue weighted by Gasteiger charge is -2.18. The highest BCUT2D eigenvalue weighted by molar-refractivity contribution is 7.92. The Morgan fingerprint density at radius 1 is 1.06 bits per heavy atom. The minimum Gasteiger partial charge on any atom is -0.313 e. The van der Waals surface area contributed by atoms with Crippen molar-refractivity contribution in [3.8, 4) is 0 Å². The summed E-state index contributed by atoms with van der Waals surface area (Å²) in [7, 11) is -2.89. The SMILES string of the molecule is CCCCC(CCC)NCCS(=O)(=O)C(C)C. The quantitative estimate of drug-likeness (QED) is 0.659. The van der Waals surface area contributed by atoms with Crippen LogP contribution >= 0.6 is 0 Å². The molecule has 1 atom stereocenters. The first kappa shape index (κ1) is 16.9. The van der Waals surface area contributed by atoms with Crippen molar-refractivity contribution in [1.29, 1.82) is 0 Å². The maximum absolute atomic E-state index is 11.6. The topological polar surface area (TPSA) is 46.2 Å². The molecule has 0 aliphatic rings. The molecular weight excluding hydrogens is 234 g/mol. The summed E-state index contributed by atoms with van der Waals surface area (Å²) in [5.74, 6) is 0.261. The van der Waals surface area contributed by atoms with Gasteiger partial charge in [0, 0.05) is 12.6 Å². The van der Waals surface area contributed by atoms with Crippen LogP contribution in [-0.2, 0) is 9.84 Å². The molecule has 0 saturated heterocycles. The molecule has 0 saturated carbocycles. The van der Waals surface area contributed by atoms with Crippen molar-refractivity contribution in [2.45, 2.75) is 71.1 Å². The summed E-state index contributed by atoms with van der Waals surface area (Å²) >= 11 is 0. The molecule has 0 aromatic carbocycles. The van der Waals surface area contributed by atoms with Crippen LogP contribution in [0.2, 0.25) is 0 Å². The van der Waals surface area contributed by atoms with Gasteiger partial charge < -0.3 is 5.32 Å². The van der Waals surface area contributed by atoms with Crippen molar-refractivity contribution in [1.82, 2.24) is 5.32 Å². The number of rotatable bonds is 10. The number of unbranched alkanes of at least 4 members (excludes halogenated alkanes) is 1. The number of nitrogens with one attached hydrogen (secondary N) is 1. The van der Waals surface area contributed by atoms with Gasteiger partial charge in [-0.2, -0.15) is 0 Å². The van der Waals surface area contributed by atoms with Crippen LogP contribution in [0.4, 0.5) is 0 Å². The van der Waals surface area contributed by atoms with Crippen LogP contribution in [0, 0.1) is 0 Å². The second-order valence-corrected chi connectivity index (χ2v) is 7.67. The van der Waals surface area contributed by atoms with Crippen molar-refractivity contribution in [3.05, 3.63) is 0 Å². The van der Waals surface area contributed by atoms with Gasteiger partial charge in [0.1, 0.15) is 0 Å². The fourth-order valence-corrected chi connectivity index (χ4v) is 2.66. The van der Waals surface area contributed by atoms with Gasteiger partial charge in [0.15, 0.2) is 9.84 Å². The molecule has 0 bridgehead atoms. The lowest BCUT2D eigenvalue weighted by Crippen LogP contribution is -2.34. The fraction of sp³-hybridized carbons (Fsp3) is 1.00. The van der Waals surface area contributed by atoms with Crippen LogP contribution in [-0.4, -0.2) is 32.0 Å². The van der Waals surface area contributed by atoms with E-state index < -0.39 is 9.84 Å². The minimum atomic E-state index is -2.89. The molecule has 0 amide bonds. The summed E-state index contributed by atoms with van der Waals surface area (Å²) in [6.45, 7) is 8.44. The van der Waals surface area contributed by atoms with E-state index in [9.17, 15) is 8.42 Å². The Balaban J connectivity index is 3.96. The summed E-state index contributed by atoms with van der Waals surface area (Å²) < 4.78 is 23.3. The molecule has 17 heavy (non-hydrogen) atoms. The van der Waals surface area contributed by atoms with Crippen LogP contribution in [0.5, 0.6) is 0 Å². The first-order chi connectivity index (χ1) is 7.94. The van der Waals surface area contributed by atoms with Gasteiger partial charge in [0.25, 0.3) is 0 Å². The zero-order valence-electron chi connectivity index (χ0n) is 11.8. The Kier molecular flexibility index (Phi) is 8.88. The largest absolute Gasteiger partial charge is 0.313 e. The maximum atomic E-state index is 11.6. The molecule has 0 aromatic rings. The fourth-order valence-electron chi connectivity index (χ4n) is 1.79. The summed E-state index contributed by atoms with van der Waals surface area (Å²) in [5.41, 5.74) is 0. The van der Waals surface area contributed by atoms with Crippen LogP contribution in [0.25, 0.3) is 0 Å². The summed E-state index contributed by atoms with van der Waals surface area (Å²) in [4.78, 5) is 0. The average molecular weight is 263 g/mol. The van der Waals surface area contributed by atoms with Crippen molar-refractivity contribution >= 4 is 9.84 Å². The third-order valence-corrected chi connectivity index (χ3v) is 5.29. The van der Waals surface area contributed by atoms with Crippen molar-refractivity contribution in [3.63, 3.8) is 0 Å². The van der Waals surface area contributed by atoms with E-state index in [1.54, 1.807) is 13.8 Å². The van der Waals surface area contributed by atoms with E-state index in [-0.39, 0.29) is 11.0 Å². The van der Waals surface area contributed by atoms with Gasteiger partial charge in [-0.3, -0.25) is 0 Å². The average Bonchev–Trinajstić information content (AvgIpc) is 2.25. The molecular formula is C13H29NO2S. The Labute approximate surface area is 107 Å². The van der Waals surface area contributed by atoms with E-state index in [1.165, 1.54) is 12.8 Å². The van der Waals surface area contributed by atoms with Crippen LogP contribution in [0.3, 0.4) is 0 Å². The Morgan fingerprint density at radius 2 is 1.71 bits per heavy atom. The van der Waals surface area contributed by atoms with Crippen LogP contribution in [0.1, 0.15) is 59.8 Å². The smallest absolute Gasteiger partial charge is 0.153 e. The molecule has 0 spiro atoms. The van der Waals surface area contributed by atoms with Gasteiger partial charge >= 0.3 is 0 Å². The van der Waals surface area contributed by atoms with Gasteiger partial charge in [-0.15, -0.1) is 0 Å². The van der Waals surface area contributed by atoms with Crippen molar-refractivity contribution in [2.24, 2.45) is 0 Å². The standard InChI is InChI=1S/C13H29NO2S/c1-5-7-9-13(8-6-2)14-10-11-17(15,16)12(3)4/h12-14H,5-11H2,1-4H3. The molecule has 0 aromatic heterocycles. The van der Waals surface area contributed by atoms with Crippen LogP contribution in [0.15, 0.2) is 0 Å². The van der Waals surface area contributed by atoms with Gasteiger partial charge in [-0.25, -0.2) is 8.42 Å². The molecule has 0 aliphatic carbocycles. The lowest BCUT2D eigenvalue weighted by molar-refractivity contribution is 0.444. The highest BCUT2D eigenvalue weighted by Gasteiger charge is 2.16. The number of hydrogen-bond acceptors (Lipinski definition) is 3. The summed E-state index contributed by atoms with van der Waals surface area (Å²) in [5, 5.41) is 3.13. The van der Waals surface area contributed by atoms with Gasteiger partial charge in [0.2, 0.25) is 0 Å². The third-order valence-electron chi connectivity index (χ3n) is 3.08. The zero-order chi connectivity index (χ0) is 13.3. The van der Waals surface area contributed by atoms with Gasteiger partial charge in [-0.1, -0.05) is 33.1 Å². The molecule has 3 nitrogen and oxygen atoms in total. The van der Waals surface area contributed by atoms with E-state index >= 15 is 0 Å². The first-order valence-electron chi connectivity index (χ1n) is 6.89. The summed E-state index contributed by atoms with van der Waals surface area (Å²) in [6, 6.07) is 0.488. The molecule has 0 rings (SSSR count). The number of sulfone groups is 1. The van der Waals surface area contributed by atoms with Crippen molar-refractivity contribution < 1.29 is 8.42 Å². The van der Waals surface area contributed by atoms with Gasteiger partial charge in [0.05, 0.1) is 11.0 Å². The molecule has 0 radical (unpaired) electrons. The first-order valence-corrected chi connectivity index (χ1v) is 8.60. The Morgan fingerprint density at radius 3 is 2.18 bits per heavy atom. The molecule has 104 valence electrons. The molecule has 4 heteroatoms. The van der Waals surface area contributed by atoms with Crippen molar-refractivity contribution in [2.75, 3.05) is 12.3 Å². The molecule has 1 N–H and O–H groups in total. The second-order valence-electron chi connectivity index (χ2n) is 5.00. The van der Waals surface area contributed by atoms with Gasteiger partial charge in [-0.05, 0) is 26.7 Å². The van der Waals surface area contributed by atoms with Crippen LogP contribution < -0.4 is 5.32 Å². The maximum Gasteiger partial charge on any atom is 0.153 e. The Hall–Kier alpha value is -0.0900. The second kappa shape index (κ2) is 8.92. The summed E-state index contributed by atoms with van der Waals surface area (Å²) in [6.07, 6.45) is 5.87. The van der Waals surface area contributed by atoms with E-state index in [2.05, 4.69) is 19.2 Å². The monoisotopic (exact) mass is 263 g/mol. The molecule has 0 aliphatic heterocycles. The normalized spacial score (nSPS) is 14.2. The predicted octanol–water partition coefficient (Wildman–Crippen LogP) is 2.76. The molecule has 0 heterocycles. The van der Waals surface area contributed by atoms with E-state index in [4.69, 9.17) is 0 Å². The molecule has 1 unspecified atom stereocenters. The van der Waals surface area contributed by atoms with E-state index in [0.717, 1.165) is 19.3 Å². The minimum absolute atomic E-state index is 0.260. The third kappa shape index (κ3) is 7.77. The predicted molar refractivity (Wildman–Crippen MR) is 75.1 cm³/mol. The highest BCUT2D eigenvalue weighted by atomic mass is 32.2.